The van der Waals surface area contributed by atoms with Gasteiger partial charge >= 0.3 is 0 Å². The van der Waals surface area contributed by atoms with Gasteiger partial charge in [0.1, 0.15) is 16.9 Å². The van der Waals surface area contributed by atoms with Gasteiger partial charge in [-0.1, -0.05) is 13.0 Å². The maximum absolute atomic E-state index is 11.4. The zero-order chi connectivity index (χ0) is 17.3. The number of hydrogen-bond acceptors (Lipinski definition) is 5. The van der Waals surface area contributed by atoms with Gasteiger partial charge in [-0.25, -0.2) is 9.97 Å². The van der Waals surface area contributed by atoms with Gasteiger partial charge in [0.05, 0.1) is 5.69 Å². The lowest BCUT2D eigenvalue weighted by Gasteiger charge is -2.10. The van der Waals surface area contributed by atoms with Gasteiger partial charge in [-0.15, -0.1) is 0 Å². The highest BCUT2D eigenvalue weighted by molar-refractivity contribution is 5.94. The van der Waals surface area contributed by atoms with E-state index < -0.39 is 5.91 Å². The zero-order valence-corrected chi connectivity index (χ0v) is 14.0. The Hall–Kier alpha value is -2.96. The van der Waals surface area contributed by atoms with E-state index in [1.54, 1.807) is 18.2 Å². The van der Waals surface area contributed by atoms with Crippen LogP contribution < -0.4 is 11.1 Å². The molecule has 2 aromatic heterocycles. The summed E-state index contributed by atoms with van der Waals surface area (Å²) >= 11 is 0. The fourth-order valence-electron chi connectivity index (χ4n) is 2.64. The van der Waals surface area contributed by atoms with E-state index in [-0.39, 0.29) is 0 Å². The summed E-state index contributed by atoms with van der Waals surface area (Å²) < 4.78 is 1.88. The zero-order valence-electron chi connectivity index (χ0n) is 14.0. The fourth-order valence-corrected chi connectivity index (χ4v) is 2.64. The molecule has 0 spiro atoms. The van der Waals surface area contributed by atoms with Crippen molar-refractivity contribution >= 4 is 28.4 Å². The largest absolute Gasteiger partial charge is 0.366 e. The summed E-state index contributed by atoms with van der Waals surface area (Å²) in [6, 6.07) is 7.04. The maximum atomic E-state index is 11.4. The lowest BCUT2D eigenvalue weighted by atomic mass is 10.2. The van der Waals surface area contributed by atoms with Crippen molar-refractivity contribution in [1.82, 2.24) is 19.7 Å². The fraction of sp³-hybridized carbons (Fsp3) is 0.294. The second-order valence-electron chi connectivity index (χ2n) is 5.51. The summed E-state index contributed by atoms with van der Waals surface area (Å²) in [5.41, 5.74) is 9.12. The number of amides is 1. The van der Waals surface area contributed by atoms with Crippen molar-refractivity contribution < 1.29 is 4.79 Å². The Bertz CT molecular complexity index is 915. The quantitative estimate of drug-likeness (QED) is 0.751. The minimum atomic E-state index is -0.463. The Kier molecular flexibility index (Phi) is 4.16. The van der Waals surface area contributed by atoms with Crippen LogP contribution in [0.5, 0.6) is 0 Å². The number of benzene rings is 1. The van der Waals surface area contributed by atoms with E-state index in [1.165, 1.54) is 0 Å². The molecule has 3 N–H and O–H groups in total. The molecular formula is C17H20N6O. The van der Waals surface area contributed by atoms with Crippen molar-refractivity contribution in [3.8, 4) is 0 Å². The SMILES string of the molecule is CCc1nc(Nc2cccc(C(N)=O)c2)c2c(n1)c(C)nn2CC. The van der Waals surface area contributed by atoms with Crippen LogP contribution in [-0.2, 0) is 13.0 Å². The molecule has 7 heteroatoms. The summed E-state index contributed by atoms with van der Waals surface area (Å²) in [5.74, 6) is 0.964. The van der Waals surface area contributed by atoms with Crippen molar-refractivity contribution in [3.63, 3.8) is 0 Å². The number of carbonyl (C=O) groups is 1. The third kappa shape index (κ3) is 2.80. The molecule has 0 atom stereocenters. The molecule has 7 nitrogen and oxygen atoms in total. The van der Waals surface area contributed by atoms with Gasteiger partial charge in [0.2, 0.25) is 5.91 Å². The van der Waals surface area contributed by atoms with E-state index in [1.807, 2.05) is 31.5 Å². The van der Waals surface area contributed by atoms with E-state index in [0.29, 0.717) is 11.4 Å². The van der Waals surface area contributed by atoms with E-state index in [9.17, 15) is 4.79 Å². The highest BCUT2D eigenvalue weighted by atomic mass is 16.1. The predicted octanol–water partition coefficient (Wildman–Crippen LogP) is 2.56. The molecule has 24 heavy (non-hydrogen) atoms. The summed E-state index contributed by atoms with van der Waals surface area (Å²) in [5, 5.41) is 7.82. The topological polar surface area (TPSA) is 98.7 Å². The number of nitrogens with zero attached hydrogens (tertiary/aromatic N) is 4. The first-order chi connectivity index (χ1) is 11.5. The second kappa shape index (κ2) is 6.27. The van der Waals surface area contributed by atoms with E-state index in [2.05, 4.69) is 20.4 Å². The third-order valence-corrected chi connectivity index (χ3v) is 3.83. The molecule has 2 heterocycles. The molecule has 0 saturated heterocycles. The number of nitrogens with one attached hydrogen (secondary N) is 1. The summed E-state index contributed by atoms with van der Waals surface area (Å²) in [7, 11) is 0. The van der Waals surface area contributed by atoms with Crippen molar-refractivity contribution in [2.24, 2.45) is 5.73 Å². The van der Waals surface area contributed by atoms with Crippen LogP contribution in [0.15, 0.2) is 24.3 Å². The third-order valence-electron chi connectivity index (χ3n) is 3.83. The van der Waals surface area contributed by atoms with Gasteiger partial charge in [0, 0.05) is 24.2 Å². The molecule has 1 aromatic carbocycles. The van der Waals surface area contributed by atoms with Crippen LogP contribution in [0.4, 0.5) is 11.5 Å². The van der Waals surface area contributed by atoms with Crippen LogP contribution in [0, 0.1) is 6.92 Å². The van der Waals surface area contributed by atoms with Crippen molar-refractivity contribution in [2.45, 2.75) is 33.7 Å². The van der Waals surface area contributed by atoms with Gasteiger partial charge in [-0.3, -0.25) is 9.48 Å². The predicted molar refractivity (Wildman–Crippen MR) is 93.4 cm³/mol. The minimum absolute atomic E-state index is 0.446. The van der Waals surface area contributed by atoms with Crippen molar-refractivity contribution in [3.05, 3.63) is 41.3 Å². The van der Waals surface area contributed by atoms with Gasteiger partial charge < -0.3 is 11.1 Å². The van der Waals surface area contributed by atoms with E-state index in [4.69, 9.17) is 5.73 Å². The molecule has 0 radical (unpaired) electrons. The molecule has 0 aliphatic carbocycles. The van der Waals surface area contributed by atoms with Crippen LogP contribution in [0.3, 0.4) is 0 Å². The van der Waals surface area contributed by atoms with E-state index >= 15 is 0 Å². The van der Waals surface area contributed by atoms with Gasteiger partial charge in [0.15, 0.2) is 5.82 Å². The van der Waals surface area contributed by atoms with Crippen LogP contribution in [0.1, 0.15) is 35.7 Å². The smallest absolute Gasteiger partial charge is 0.248 e. The molecule has 3 rings (SSSR count). The highest BCUT2D eigenvalue weighted by Crippen LogP contribution is 2.26. The Morgan fingerprint density at radius 2 is 2.08 bits per heavy atom. The first-order valence-corrected chi connectivity index (χ1v) is 7.94. The van der Waals surface area contributed by atoms with Crippen molar-refractivity contribution in [2.75, 3.05) is 5.32 Å². The van der Waals surface area contributed by atoms with Gasteiger partial charge in [-0.2, -0.15) is 5.10 Å². The first-order valence-electron chi connectivity index (χ1n) is 7.94. The first kappa shape index (κ1) is 15.9. The molecule has 0 saturated carbocycles. The van der Waals surface area contributed by atoms with Crippen LogP contribution in [0.2, 0.25) is 0 Å². The molecular weight excluding hydrogens is 304 g/mol. The number of aromatic nitrogens is 4. The molecule has 1 amide bonds. The number of nitrogens with two attached hydrogens (primary N) is 1. The normalized spacial score (nSPS) is 11.0. The van der Waals surface area contributed by atoms with Crippen LogP contribution in [0.25, 0.3) is 11.0 Å². The summed E-state index contributed by atoms with van der Waals surface area (Å²) in [6.07, 6.45) is 0.725. The monoisotopic (exact) mass is 324 g/mol. The number of fused-ring (bicyclic) bond motifs is 1. The Balaban J connectivity index is 2.14. The number of anilines is 2. The lowest BCUT2D eigenvalue weighted by Crippen LogP contribution is -2.11. The van der Waals surface area contributed by atoms with Gasteiger partial charge in [-0.05, 0) is 32.0 Å². The average Bonchev–Trinajstić information content (AvgIpc) is 2.91. The van der Waals surface area contributed by atoms with Crippen LogP contribution in [-0.4, -0.2) is 25.7 Å². The number of rotatable bonds is 5. The lowest BCUT2D eigenvalue weighted by molar-refractivity contribution is 0.100. The van der Waals surface area contributed by atoms with E-state index in [0.717, 1.165) is 41.2 Å². The van der Waals surface area contributed by atoms with Gasteiger partial charge in [0.25, 0.3) is 0 Å². The molecule has 0 fully saturated rings. The molecule has 0 aliphatic rings. The summed E-state index contributed by atoms with van der Waals surface area (Å²) in [6.45, 7) is 6.70. The van der Waals surface area contributed by atoms with Crippen LogP contribution >= 0.6 is 0 Å². The Morgan fingerprint density at radius 1 is 1.29 bits per heavy atom. The molecule has 124 valence electrons. The molecule has 0 bridgehead atoms. The number of aryl methyl sites for hydroxylation is 3. The molecule has 0 aliphatic heterocycles. The van der Waals surface area contributed by atoms with Crippen molar-refractivity contribution in [1.29, 1.82) is 0 Å². The average molecular weight is 324 g/mol. The standard InChI is InChI=1S/C17H20N6O/c1-4-13-20-14-10(3)22-23(5-2)15(14)17(21-13)19-12-8-6-7-11(9-12)16(18)24/h6-9H,4-5H2,1-3H3,(H2,18,24)(H,19,20,21). The number of primary amides is 1. The Labute approximate surface area is 139 Å². The molecule has 3 aromatic rings. The number of carbonyl (C=O) groups excluding carboxylic acids is 1. The highest BCUT2D eigenvalue weighted by Gasteiger charge is 2.16. The Morgan fingerprint density at radius 3 is 2.75 bits per heavy atom. The molecule has 0 unspecified atom stereocenters. The summed E-state index contributed by atoms with van der Waals surface area (Å²) in [4.78, 5) is 20.6. The number of hydrogen-bond donors (Lipinski definition) is 2. The second-order valence-corrected chi connectivity index (χ2v) is 5.51. The maximum Gasteiger partial charge on any atom is 0.248 e. The minimum Gasteiger partial charge on any atom is -0.366 e.